The van der Waals surface area contributed by atoms with Crippen LogP contribution in [0.1, 0.15) is 0 Å². The van der Waals surface area contributed by atoms with Crippen LogP contribution >= 0.6 is 0 Å². The van der Waals surface area contributed by atoms with Gasteiger partial charge in [0, 0.05) is 16.5 Å². The summed E-state index contributed by atoms with van der Waals surface area (Å²) < 4.78 is 0. The SMILES string of the molecule is [CH3-].[CH3-].[CH3-].[Ni].[c-]1cccc(-c2cccc(-c3cccc(-c4ccccc4)c3)c2)c1. The van der Waals surface area contributed by atoms with Gasteiger partial charge in [-0.25, -0.2) is 0 Å². The van der Waals surface area contributed by atoms with Crippen LogP contribution in [-0.4, -0.2) is 0 Å². The molecule has 0 heterocycles. The summed E-state index contributed by atoms with van der Waals surface area (Å²) in [6.45, 7) is 0. The molecule has 0 saturated carbocycles. The molecule has 0 fully saturated rings. The molecule has 4 aromatic rings. The molecule has 0 N–H and O–H groups in total. The first-order valence-corrected chi connectivity index (χ1v) is 8.12. The summed E-state index contributed by atoms with van der Waals surface area (Å²) >= 11 is 0. The van der Waals surface area contributed by atoms with Gasteiger partial charge in [0.05, 0.1) is 0 Å². The van der Waals surface area contributed by atoms with E-state index in [9.17, 15) is 0 Å². The Balaban J connectivity index is 0.00000182. The molecule has 0 nitrogen and oxygen atoms in total. The van der Waals surface area contributed by atoms with Gasteiger partial charge in [-0.15, -0.1) is 5.56 Å². The van der Waals surface area contributed by atoms with Crippen molar-refractivity contribution in [3.8, 4) is 33.4 Å². The van der Waals surface area contributed by atoms with Gasteiger partial charge in [-0.05, 0) is 28.3 Å². The molecule has 0 aromatic heterocycles. The zero-order valence-corrected chi connectivity index (χ0v) is 17.6. The van der Waals surface area contributed by atoms with Crippen molar-refractivity contribution < 1.29 is 16.5 Å². The molecule has 28 heavy (non-hydrogen) atoms. The third-order valence-corrected chi connectivity index (χ3v) is 4.21. The van der Waals surface area contributed by atoms with E-state index in [-0.39, 0.29) is 38.8 Å². The standard InChI is InChI=1S/C24H17.3CH3.Ni/c1-3-9-19(10-4-1)21-13-7-15-23(17-21)24-16-8-14-22(18-24)20-11-5-2-6-12-20;;;;/h1-5,7-18H;3*1H3;/q4*-1;. The van der Waals surface area contributed by atoms with Crippen molar-refractivity contribution in [3.63, 3.8) is 0 Å². The van der Waals surface area contributed by atoms with Crippen molar-refractivity contribution in [1.82, 2.24) is 0 Å². The molecule has 0 saturated heterocycles. The van der Waals surface area contributed by atoms with E-state index in [0.29, 0.717) is 0 Å². The van der Waals surface area contributed by atoms with Gasteiger partial charge in [0.1, 0.15) is 0 Å². The molecule has 0 aliphatic carbocycles. The first-order chi connectivity index (χ1) is 11.9. The Bertz CT molecular complexity index is 863. The number of benzene rings is 4. The minimum absolute atomic E-state index is 0. The average molecular weight is 409 g/mol. The quantitative estimate of drug-likeness (QED) is 0.239. The Morgan fingerprint density at radius 3 is 1.36 bits per heavy atom. The van der Waals surface area contributed by atoms with Gasteiger partial charge in [0.25, 0.3) is 0 Å². The van der Waals surface area contributed by atoms with E-state index in [1.807, 2.05) is 24.3 Å². The van der Waals surface area contributed by atoms with Crippen LogP contribution < -0.4 is 0 Å². The Labute approximate surface area is 181 Å². The second kappa shape index (κ2) is 12.0. The predicted octanol–water partition coefficient (Wildman–Crippen LogP) is 7.84. The molecule has 148 valence electrons. The summed E-state index contributed by atoms with van der Waals surface area (Å²) in [7, 11) is 0. The normalized spacial score (nSPS) is 9.00. The van der Waals surface area contributed by atoms with E-state index in [1.54, 1.807) is 0 Å². The van der Waals surface area contributed by atoms with Crippen LogP contribution in [0.15, 0.2) is 103 Å². The van der Waals surface area contributed by atoms with Gasteiger partial charge in [0.2, 0.25) is 0 Å². The minimum atomic E-state index is 0. The maximum absolute atomic E-state index is 3.15. The summed E-state index contributed by atoms with van der Waals surface area (Å²) in [5.41, 5.74) is 7.36. The molecule has 4 rings (SSSR count). The molecule has 0 unspecified atom stereocenters. The molecule has 0 aliphatic heterocycles. The third kappa shape index (κ3) is 5.68. The van der Waals surface area contributed by atoms with Crippen molar-refractivity contribution in [3.05, 3.63) is 131 Å². The first kappa shape index (κ1) is 25.4. The Morgan fingerprint density at radius 1 is 0.429 bits per heavy atom. The van der Waals surface area contributed by atoms with E-state index in [2.05, 4.69) is 84.9 Å². The van der Waals surface area contributed by atoms with Crippen LogP contribution in [0.5, 0.6) is 0 Å². The summed E-state index contributed by atoms with van der Waals surface area (Å²) in [6.07, 6.45) is 0. The zero-order chi connectivity index (χ0) is 16.2. The summed E-state index contributed by atoms with van der Waals surface area (Å²) in [5.74, 6) is 0. The van der Waals surface area contributed by atoms with Crippen LogP contribution in [0.2, 0.25) is 0 Å². The first-order valence-electron chi connectivity index (χ1n) is 8.12. The van der Waals surface area contributed by atoms with Crippen molar-refractivity contribution in [2.75, 3.05) is 0 Å². The van der Waals surface area contributed by atoms with Gasteiger partial charge < -0.3 is 22.3 Å². The third-order valence-electron chi connectivity index (χ3n) is 4.21. The van der Waals surface area contributed by atoms with E-state index >= 15 is 0 Å². The van der Waals surface area contributed by atoms with E-state index in [1.165, 1.54) is 33.4 Å². The topological polar surface area (TPSA) is 0 Å². The molecule has 0 aliphatic rings. The second-order valence-corrected chi connectivity index (χ2v) is 5.82. The molecule has 4 aromatic carbocycles. The fourth-order valence-corrected chi connectivity index (χ4v) is 2.96. The number of hydrogen-bond acceptors (Lipinski definition) is 0. The maximum Gasteiger partial charge on any atom is 0 e. The summed E-state index contributed by atoms with van der Waals surface area (Å²) in [6, 6.07) is 39.1. The average Bonchev–Trinajstić information content (AvgIpc) is 2.70. The number of rotatable bonds is 3. The second-order valence-electron chi connectivity index (χ2n) is 5.82. The fraction of sp³-hybridized carbons (Fsp3) is 0. The van der Waals surface area contributed by atoms with Gasteiger partial charge in [0.15, 0.2) is 0 Å². The largest absolute Gasteiger partial charge is 0.358 e. The van der Waals surface area contributed by atoms with Gasteiger partial charge in [-0.2, -0.15) is 30.3 Å². The Hall–Kier alpha value is -2.63. The maximum atomic E-state index is 3.15. The van der Waals surface area contributed by atoms with E-state index in [0.717, 1.165) is 0 Å². The van der Waals surface area contributed by atoms with Gasteiger partial charge in [-0.1, -0.05) is 78.4 Å². The molecule has 0 atom stereocenters. The van der Waals surface area contributed by atoms with Crippen LogP contribution in [0.3, 0.4) is 0 Å². The Kier molecular flexibility index (Phi) is 10.8. The zero-order valence-electron chi connectivity index (χ0n) is 16.6. The van der Waals surface area contributed by atoms with E-state index < -0.39 is 0 Å². The monoisotopic (exact) mass is 408 g/mol. The molecule has 1 heteroatoms. The molecular weight excluding hydrogens is 383 g/mol. The van der Waals surface area contributed by atoms with Gasteiger partial charge >= 0.3 is 0 Å². The smallest absolute Gasteiger partial charge is 0 e. The molecule has 0 bridgehead atoms. The van der Waals surface area contributed by atoms with Gasteiger partial charge in [-0.3, -0.25) is 0 Å². The van der Waals surface area contributed by atoms with E-state index in [4.69, 9.17) is 0 Å². The van der Waals surface area contributed by atoms with Crippen molar-refractivity contribution in [2.24, 2.45) is 0 Å². The molecule has 0 radical (unpaired) electrons. The van der Waals surface area contributed by atoms with Crippen LogP contribution in [0.4, 0.5) is 0 Å². The van der Waals surface area contributed by atoms with Crippen molar-refractivity contribution in [1.29, 1.82) is 0 Å². The van der Waals surface area contributed by atoms with Crippen molar-refractivity contribution in [2.45, 2.75) is 0 Å². The van der Waals surface area contributed by atoms with Crippen LogP contribution in [0, 0.1) is 28.3 Å². The molecule has 0 spiro atoms. The molecule has 0 amide bonds. The number of hydrogen-bond donors (Lipinski definition) is 0. The molecular formula is C27H26Ni-4. The summed E-state index contributed by atoms with van der Waals surface area (Å²) in [5, 5.41) is 0. The van der Waals surface area contributed by atoms with Crippen LogP contribution in [-0.2, 0) is 16.5 Å². The van der Waals surface area contributed by atoms with Crippen LogP contribution in [0.25, 0.3) is 33.4 Å². The van der Waals surface area contributed by atoms with Crippen molar-refractivity contribution >= 4 is 0 Å². The Morgan fingerprint density at radius 2 is 0.857 bits per heavy atom. The minimum Gasteiger partial charge on any atom is -0.358 e. The predicted molar refractivity (Wildman–Crippen MR) is 121 cm³/mol. The fourth-order valence-electron chi connectivity index (χ4n) is 2.96. The summed E-state index contributed by atoms with van der Waals surface area (Å²) in [4.78, 5) is 0.